The molecule has 0 aliphatic heterocycles. The van der Waals surface area contributed by atoms with Gasteiger partial charge in [0.05, 0.1) is 31.0 Å². The number of para-hydroxylation sites is 1. The number of carbonyl (C=O) groups is 1. The smallest absolute Gasteiger partial charge is 0.339 e. The van der Waals surface area contributed by atoms with Gasteiger partial charge in [0.2, 0.25) is 5.89 Å². The summed E-state index contributed by atoms with van der Waals surface area (Å²) in [5.41, 5.74) is 4.97. The van der Waals surface area contributed by atoms with Gasteiger partial charge in [-0.2, -0.15) is 0 Å². The maximum atomic E-state index is 13.4. The van der Waals surface area contributed by atoms with Crippen molar-refractivity contribution in [2.45, 2.75) is 32.8 Å². The second kappa shape index (κ2) is 9.21. The molecule has 4 aromatic rings. The van der Waals surface area contributed by atoms with E-state index in [9.17, 15) is 4.79 Å². The first-order valence-corrected chi connectivity index (χ1v) is 11.3. The summed E-state index contributed by atoms with van der Waals surface area (Å²) >= 11 is 0. The molecule has 178 valence electrons. The largest absolute Gasteiger partial charge is 0.493 e. The lowest BCUT2D eigenvalue weighted by Crippen LogP contribution is -2.13. The van der Waals surface area contributed by atoms with E-state index in [1.807, 2.05) is 42.5 Å². The third-order valence-electron chi connectivity index (χ3n) is 6.07. The van der Waals surface area contributed by atoms with Gasteiger partial charge in [0.25, 0.3) is 5.89 Å². The van der Waals surface area contributed by atoms with Gasteiger partial charge in [-0.15, -0.1) is 10.2 Å². The van der Waals surface area contributed by atoms with Gasteiger partial charge in [0.15, 0.2) is 17.6 Å². The molecule has 2 aromatic carbocycles. The minimum absolute atomic E-state index is 0.264. The molecule has 1 aliphatic rings. The number of hydrogen-bond donors (Lipinski definition) is 0. The Hall–Kier alpha value is -4.20. The quantitative estimate of drug-likeness (QED) is 0.347. The van der Waals surface area contributed by atoms with Crippen molar-refractivity contribution < 1.29 is 23.4 Å². The van der Waals surface area contributed by atoms with Crippen LogP contribution >= 0.6 is 0 Å². The van der Waals surface area contributed by atoms with Crippen LogP contribution in [0, 0.1) is 6.92 Å². The van der Waals surface area contributed by atoms with Crippen LogP contribution in [-0.4, -0.2) is 35.4 Å². The maximum absolute atomic E-state index is 13.4. The summed E-state index contributed by atoms with van der Waals surface area (Å²) in [6.45, 7) is 3.41. The highest BCUT2D eigenvalue weighted by molar-refractivity contribution is 6.07. The predicted octanol–water partition coefficient (Wildman–Crippen LogP) is 5.35. The Kier molecular flexibility index (Phi) is 5.94. The number of hydrogen-bond acceptors (Lipinski definition) is 8. The summed E-state index contributed by atoms with van der Waals surface area (Å²) < 4.78 is 22.0. The van der Waals surface area contributed by atoms with Crippen LogP contribution in [0.1, 0.15) is 58.4 Å². The molecule has 0 spiro atoms. The molecule has 5 rings (SSSR count). The van der Waals surface area contributed by atoms with E-state index in [4.69, 9.17) is 23.6 Å². The van der Waals surface area contributed by atoms with E-state index in [0.717, 1.165) is 39.7 Å². The fourth-order valence-electron chi connectivity index (χ4n) is 4.40. The molecule has 0 radical (unpaired) electrons. The summed E-state index contributed by atoms with van der Waals surface area (Å²) in [5.74, 6) is 1.57. The molecule has 35 heavy (non-hydrogen) atoms. The third-order valence-corrected chi connectivity index (χ3v) is 6.07. The number of nitrogens with zero attached hydrogens (tertiary/aromatic N) is 3. The van der Waals surface area contributed by atoms with E-state index < -0.39 is 12.1 Å². The van der Waals surface area contributed by atoms with Gasteiger partial charge >= 0.3 is 5.97 Å². The number of aryl methyl sites for hydroxylation is 1. The molecule has 8 heteroatoms. The SMILES string of the molecule is COc1ccc(/C=C2/CCc3c2nc2ccccc2c3C(=O)OC(C)c2nnc(C)o2)cc1OC. The fraction of sp³-hybridized carbons (Fsp3) is 0.259. The Balaban J connectivity index is 1.56. The minimum atomic E-state index is -0.672. The van der Waals surface area contributed by atoms with E-state index in [1.54, 1.807) is 28.1 Å². The number of methoxy groups -OCH3 is 2. The number of rotatable bonds is 6. The third kappa shape index (κ3) is 4.23. The van der Waals surface area contributed by atoms with Crippen LogP contribution in [0.2, 0.25) is 0 Å². The molecule has 0 N–H and O–H groups in total. The number of allylic oxidation sites excluding steroid dienone is 1. The van der Waals surface area contributed by atoms with Crippen LogP contribution in [-0.2, 0) is 11.2 Å². The molecule has 0 fully saturated rings. The Morgan fingerprint density at radius 3 is 2.60 bits per heavy atom. The lowest BCUT2D eigenvalue weighted by molar-refractivity contribution is 0.0278. The molecule has 0 saturated heterocycles. The molecule has 8 nitrogen and oxygen atoms in total. The molecule has 1 atom stereocenters. The standard InChI is InChI=1S/C27H25N3O5/c1-15(26-30-29-16(2)35-26)34-27(31)24-19-7-5-6-8-21(19)28-25-18(10-11-20(24)25)13-17-9-12-22(32-3)23(14-17)33-4/h5-9,12-15H,10-11H2,1-4H3/b18-13-. The molecular formula is C27H25N3O5. The first-order chi connectivity index (χ1) is 17.0. The maximum Gasteiger partial charge on any atom is 0.339 e. The van der Waals surface area contributed by atoms with Crippen molar-refractivity contribution in [2.75, 3.05) is 14.2 Å². The van der Waals surface area contributed by atoms with Gasteiger partial charge in [-0.25, -0.2) is 9.78 Å². The number of benzene rings is 2. The highest BCUT2D eigenvalue weighted by atomic mass is 16.6. The van der Waals surface area contributed by atoms with Gasteiger partial charge < -0.3 is 18.6 Å². The Bertz CT molecular complexity index is 1460. The summed E-state index contributed by atoms with van der Waals surface area (Å²) in [5, 5.41) is 8.57. The number of pyridine rings is 1. The van der Waals surface area contributed by atoms with Crippen molar-refractivity contribution in [2.24, 2.45) is 0 Å². The molecule has 0 saturated carbocycles. The molecule has 0 bridgehead atoms. The molecule has 2 heterocycles. The van der Waals surface area contributed by atoms with Crippen LogP contribution in [0.4, 0.5) is 0 Å². The van der Waals surface area contributed by atoms with Crippen LogP contribution in [0.25, 0.3) is 22.6 Å². The van der Waals surface area contributed by atoms with E-state index >= 15 is 0 Å². The van der Waals surface area contributed by atoms with Crippen LogP contribution in [0.5, 0.6) is 11.5 Å². The van der Waals surface area contributed by atoms with Crippen molar-refractivity contribution in [1.29, 1.82) is 0 Å². The first kappa shape index (κ1) is 22.6. The molecule has 1 aliphatic carbocycles. The fourth-order valence-corrected chi connectivity index (χ4v) is 4.40. The number of aromatic nitrogens is 3. The minimum Gasteiger partial charge on any atom is -0.493 e. The molecule has 1 unspecified atom stereocenters. The van der Waals surface area contributed by atoms with Gasteiger partial charge in [0.1, 0.15) is 0 Å². The zero-order chi connectivity index (χ0) is 24.5. The second-order valence-corrected chi connectivity index (χ2v) is 8.32. The van der Waals surface area contributed by atoms with E-state index in [2.05, 4.69) is 16.3 Å². The molecule has 2 aromatic heterocycles. The summed E-state index contributed by atoms with van der Waals surface area (Å²) in [7, 11) is 3.22. The van der Waals surface area contributed by atoms with Crippen molar-refractivity contribution in [3.8, 4) is 11.5 Å². The Morgan fingerprint density at radius 2 is 1.86 bits per heavy atom. The summed E-state index contributed by atoms with van der Waals surface area (Å²) in [4.78, 5) is 18.4. The van der Waals surface area contributed by atoms with Gasteiger partial charge in [0, 0.05) is 12.3 Å². The summed E-state index contributed by atoms with van der Waals surface area (Å²) in [6, 6.07) is 13.4. The van der Waals surface area contributed by atoms with E-state index in [1.165, 1.54) is 0 Å². The number of fused-ring (bicyclic) bond motifs is 2. The topological polar surface area (TPSA) is 96.6 Å². The highest BCUT2D eigenvalue weighted by Gasteiger charge is 2.29. The molecular weight excluding hydrogens is 446 g/mol. The zero-order valence-corrected chi connectivity index (χ0v) is 20.0. The van der Waals surface area contributed by atoms with Gasteiger partial charge in [-0.3, -0.25) is 0 Å². The van der Waals surface area contributed by atoms with Crippen molar-refractivity contribution >= 4 is 28.5 Å². The lowest BCUT2D eigenvalue weighted by Gasteiger charge is -2.14. The predicted molar refractivity (Wildman–Crippen MR) is 130 cm³/mol. The normalized spacial score (nSPS) is 14.7. The Labute approximate surface area is 202 Å². The second-order valence-electron chi connectivity index (χ2n) is 8.32. The van der Waals surface area contributed by atoms with Crippen molar-refractivity contribution in [1.82, 2.24) is 15.2 Å². The number of carbonyl (C=O) groups excluding carboxylic acids is 1. The lowest BCUT2D eigenvalue weighted by atomic mass is 10.0. The van der Waals surface area contributed by atoms with E-state index in [0.29, 0.717) is 29.4 Å². The van der Waals surface area contributed by atoms with Gasteiger partial charge in [-0.1, -0.05) is 24.3 Å². The average Bonchev–Trinajstić information content (AvgIpc) is 3.48. The van der Waals surface area contributed by atoms with E-state index in [-0.39, 0.29) is 5.89 Å². The van der Waals surface area contributed by atoms with Crippen LogP contribution < -0.4 is 9.47 Å². The highest BCUT2D eigenvalue weighted by Crippen LogP contribution is 2.39. The van der Waals surface area contributed by atoms with Crippen molar-refractivity contribution in [3.05, 3.63) is 76.6 Å². The zero-order valence-electron chi connectivity index (χ0n) is 20.0. The van der Waals surface area contributed by atoms with Crippen molar-refractivity contribution in [3.63, 3.8) is 0 Å². The molecule has 0 amide bonds. The van der Waals surface area contributed by atoms with Gasteiger partial charge in [-0.05, 0) is 60.7 Å². The van der Waals surface area contributed by atoms with Crippen LogP contribution in [0.3, 0.4) is 0 Å². The number of ether oxygens (including phenoxy) is 3. The first-order valence-electron chi connectivity index (χ1n) is 11.3. The average molecular weight is 472 g/mol. The van der Waals surface area contributed by atoms with Crippen LogP contribution in [0.15, 0.2) is 46.9 Å². The monoisotopic (exact) mass is 471 g/mol. The number of esters is 1. The summed E-state index contributed by atoms with van der Waals surface area (Å²) in [6.07, 6.45) is 2.85. The Morgan fingerprint density at radius 1 is 1.06 bits per heavy atom.